The number of carbonyl (C=O) groups is 1. The van der Waals surface area contributed by atoms with Crippen LogP contribution in [-0.2, 0) is 16.6 Å². The Labute approximate surface area is 173 Å². The van der Waals surface area contributed by atoms with Gasteiger partial charge in [0, 0.05) is 36.7 Å². The van der Waals surface area contributed by atoms with E-state index < -0.39 is 27.2 Å². The first-order chi connectivity index (χ1) is 14.3. The van der Waals surface area contributed by atoms with Crippen molar-refractivity contribution in [1.82, 2.24) is 14.6 Å². The second-order valence-electron chi connectivity index (χ2n) is 6.64. The Morgan fingerprint density at radius 1 is 1.13 bits per heavy atom. The van der Waals surface area contributed by atoms with Gasteiger partial charge in [0.15, 0.2) is 0 Å². The number of rotatable bonds is 7. The summed E-state index contributed by atoms with van der Waals surface area (Å²) >= 11 is 0. The van der Waals surface area contributed by atoms with E-state index in [1.807, 2.05) is 0 Å². The molecule has 0 atom stereocenters. The van der Waals surface area contributed by atoms with Gasteiger partial charge in [-0.3, -0.25) is 9.59 Å². The fourth-order valence-corrected chi connectivity index (χ4v) is 4.65. The summed E-state index contributed by atoms with van der Waals surface area (Å²) in [5.41, 5.74) is 0.224. The number of carbonyl (C=O) groups excluding carboxylic acids is 1. The maximum atomic E-state index is 13.3. The third kappa shape index (κ3) is 4.27. The Hall–Kier alpha value is -3.04. The van der Waals surface area contributed by atoms with Gasteiger partial charge in [0.1, 0.15) is 11.4 Å². The number of halogens is 1. The number of fused-ring (bicyclic) bond motifs is 1. The van der Waals surface area contributed by atoms with Gasteiger partial charge < -0.3 is 10.3 Å². The van der Waals surface area contributed by atoms with Gasteiger partial charge in [0.2, 0.25) is 15.5 Å². The van der Waals surface area contributed by atoms with Gasteiger partial charge in [-0.25, -0.2) is 12.8 Å². The third-order valence-electron chi connectivity index (χ3n) is 4.78. The molecule has 0 saturated heterocycles. The zero-order chi connectivity index (χ0) is 21.9. The predicted octanol–water partition coefficient (Wildman–Crippen LogP) is 2.63. The summed E-state index contributed by atoms with van der Waals surface area (Å²) in [6.07, 6.45) is 1.28. The molecule has 30 heavy (non-hydrogen) atoms. The van der Waals surface area contributed by atoms with Crippen molar-refractivity contribution in [2.24, 2.45) is 0 Å². The molecule has 0 radical (unpaired) electrons. The summed E-state index contributed by atoms with van der Waals surface area (Å²) < 4.78 is 40.1. The molecule has 0 spiro atoms. The standard InChI is InChI=1S/C21H22FN3O4S/c1-3-25(4-2)30(28,29)16-8-9-19-17(11-16)20(26)18(13-23-19)21(27)24-12-14-6-5-7-15(22)10-14/h5-11,13H,3-4,12H2,1-2H3,(H,23,26)(H,24,27). The van der Waals surface area contributed by atoms with E-state index >= 15 is 0 Å². The van der Waals surface area contributed by atoms with E-state index in [9.17, 15) is 22.4 Å². The van der Waals surface area contributed by atoms with Gasteiger partial charge in [0.25, 0.3) is 5.91 Å². The maximum absolute atomic E-state index is 13.3. The highest BCUT2D eigenvalue weighted by atomic mass is 32.2. The lowest BCUT2D eigenvalue weighted by Gasteiger charge is -2.18. The summed E-state index contributed by atoms with van der Waals surface area (Å²) in [6.45, 7) is 4.11. The smallest absolute Gasteiger partial charge is 0.257 e. The fraction of sp³-hybridized carbons (Fsp3) is 0.238. The molecule has 0 aliphatic rings. The quantitative estimate of drug-likeness (QED) is 0.601. The van der Waals surface area contributed by atoms with E-state index in [0.717, 1.165) is 0 Å². The molecule has 7 nitrogen and oxygen atoms in total. The van der Waals surface area contributed by atoms with Crippen molar-refractivity contribution in [2.45, 2.75) is 25.3 Å². The van der Waals surface area contributed by atoms with E-state index in [2.05, 4.69) is 10.3 Å². The molecule has 0 aliphatic carbocycles. The lowest BCUT2D eigenvalue weighted by atomic mass is 10.1. The number of amides is 1. The van der Waals surface area contributed by atoms with Crippen molar-refractivity contribution < 1.29 is 17.6 Å². The lowest BCUT2D eigenvalue weighted by molar-refractivity contribution is 0.0949. The summed E-state index contributed by atoms with van der Waals surface area (Å²) in [6, 6.07) is 9.97. The molecule has 0 saturated carbocycles. The number of aromatic amines is 1. The minimum absolute atomic E-state index is 0.0125. The molecule has 3 aromatic rings. The molecular formula is C21H22FN3O4S. The topological polar surface area (TPSA) is 99.3 Å². The number of hydrogen-bond donors (Lipinski definition) is 2. The minimum Gasteiger partial charge on any atom is -0.360 e. The molecule has 3 rings (SSSR count). The van der Waals surface area contributed by atoms with Crippen LogP contribution in [0.5, 0.6) is 0 Å². The summed E-state index contributed by atoms with van der Waals surface area (Å²) in [5, 5.41) is 2.68. The van der Waals surface area contributed by atoms with Gasteiger partial charge in [-0.05, 0) is 35.9 Å². The molecular weight excluding hydrogens is 409 g/mol. The van der Waals surface area contributed by atoms with Crippen molar-refractivity contribution >= 4 is 26.8 Å². The second kappa shape index (κ2) is 8.76. The summed E-state index contributed by atoms with van der Waals surface area (Å²) in [4.78, 5) is 28.2. The van der Waals surface area contributed by atoms with Crippen LogP contribution in [0.25, 0.3) is 10.9 Å². The van der Waals surface area contributed by atoms with Gasteiger partial charge in [-0.1, -0.05) is 26.0 Å². The van der Waals surface area contributed by atoms with Crippen LogP contribution in [0.1, 0.15) is 29.8 Å². The Morgan fingerprint density at radius 2 is 1.87 bits per heavy atom. The Kier molecular flexibility index (Phi) is 6.33. The second-order valence-corrected chi connectivity index (χ2v) is 8.58. The SMILES string of the molecule is CCN(CC)S(=O)(=O)c1ccc2[nH]cc(C(=O)NCc3cccc(F)c3)c(=O)c2c1. The number of H-pyrrole nitrogens is 1. The van der Waals surface area contributed by atoms with E-state index in [0.29, 0.717) is 24.2 Å². The highest BCUT2D eigenvalue weighted by Gasteiger charge is 2.23. The van der Waals surface area contributed by atoms with E-state index in [-0.39, 0.29) is 22.4 Å². The zero-order valence-electron chi connectivity index (χ0n) is 16.6. The first kappa shape index (κ1) is 21.7. The molecule has 1 heterocycles. The molecule has 0 fully saturated rings. The van der Waals surface area contributed by atoms with Crippen LogP contribution in [0.4, 0.5) is 4.39 Å². The number of hydrogen-bond acceptors (Lipinski definition) is 4. The molecule has 0 aliphatic heterocycles. The predicted molar refractivity (Wildman–Crippen MR) is 112 cm³/mol. The van der Waals surface area contributed by atoms with Gasteiger partial charge >= 0.3 is 0 Å². The van der Waals surface area contributed by atoms with Crippen molar-refractivity contribution in [2.75, 3.05) is 13.1 Å². The van der Waals surface area contributed by atoms with Gasteiger partial charge in [-0.2, -0.15) is 4.31 Å². The van der Waals surface area contributed by atoms with Crippen molar-refractivity contribution in [3.63, 3.8) is 0 Å². The normalized spacial score (nSPS) is 11.7. The van der Waals surface area contributed by atoms with Crippen LogP contribution in [0, 0.1) is 5.82 Å². The molecule has 0 unspecified atom stereocenters. The summed E-state index contributed by atoms with van der Waals surface area (Å²) in [7, 11) is -3.75. The highest BCUT2D eigenvalue weighted by molar-refractivity contribution is 7.89. The lowest BCUT2D eigenvalue weighted by Crippen LogP contribution is -2.31. The van der Waals surface area contributed by atoms with E-state index in [4.69, 9.17) is 0 Å². The highest BCUT2D eigenvalue weighted by Crippen LogP contribution is 2.19. The van der Waals surface area contributed by atoms with Crippen molar-refractivity contribution in [1.29, 1.82) is 0 Å². The number of pyridine rings is 1. The maximum Gasteiger partial charge on any atom is 0.257 e. The van der Waals surface area contributed by atoms with Gasteiger partial charge in [0.05, 0.1) is 4.90 Å². The third-order valence-corrected chi connectivity index (χ3v) is 6.83. The molecule has 158 valence electrons. The minimum atomic E-state index is -3.75. The average molecular weight is 431 g/mol. The van der Waals surface area contributed by atoms with E-state index in [1.165, 1.54) is 46.9 Å². The molecule has 1 amide bonds. The van der Waals surface area contributed by atoms with Crippen LogP contribution >= 0.6 is 0 Å². The Bertz CT molecular complexity index is 1250. The van der Waals surface area contributed by atoms with Crippen LogP contribution in [0.15, 0.2) is 58.4 Å². The largest absolute Gasteiger partial charge is 0.360 e. The molecule has 9 heteroatoms. The average Bonchev–Trinajstić information content (AvgIpc) is 2.73. The zero-order valence-corrected chi connectivity index (χ0v) is 17.4. The first-order valence-corrected chi connectivity index (χ1v) is 10.9. The number of sulfonamides is 1. The molecule has 2 aromatic carbocycles. The van der Waals surface area contributed by atoms with E-state index in [1.54, 1.807) is 19.9 Å². The molecule has 1 aromatic heterocycles. The number of nitrogens with zero attached hydrogens (tertiary/aromatic N) is 1. The summed E-state index contributed by atoms with van der Waals surface area (Å²) in [5.74, 6) is -1.06. The molecule has 2 N–H and O–H groups in total. The number of benzene rings is 2. The Balaban J connectivity index is 1.94. The molecule has 0 bridgehead atoms. The Morgan fingerprint density at radius 3 is 2.53 bits per heavy atom. The van der Waals surface area contributed by atoms with Crippen LogP contribution < -0.4 is 10.7 Å². The number of aromatic nitrogens is 1. The van der Waals surface area contributed by atoms with Crippen LogP contribution in [0.2, 0.25) is 0 Å². The number of nitrogens with one attached hydrogen (secondary N) is 2. The monoisotopic (exact) mass is 431 g/mol. The van der Waals surface area contributed by atoms with Crippen LogP contribution in [0.3, 0.4) is 0 Å². The van der Waals surface area contributed by atoms with Crippen molar-refractivity contribution in [3.05, 3.63) is 75.8 Å². The van der Waals surface area contributed by atoms with Gasteiger partial charge in [-0.15, -0.1) is 0 Å². The van der Waals surface area contributed by atoms with Crippen molar-refractivity contribution in [3.8, 4) is 0 Å². The fourth-order valence-electron chi connectivity index (χ4n) is 3.16. The van der Waals surface area contributed by atoms with Crippen LogP contribution in [-0.4, -0.2) is 36.7 Å². The first-order valence-electron chi connectivity index (χ1n) is 9.46.